The molecule has 0 aliphatic heterocycles. The van der Waals surface area contributed by atoms with Crippen LogP contribution in [0.2, 0.25) is 0 Å². The van der Waals surface area contributed by atoms with Gasteiger partial charge in [-0.15, -0.1) is 0 Å². The van der Waals surface area contributed by atoms with E-state index in [0.717, 1.165) is 6.42 Å². The molecule has 0 spiro atoms. The molecule has 16 heavy (non-hydrogen) atoms. The van der Waals surface area contributed by atoms with Gasteiger partial charge in [-0.05, 0) is 26.7 Å². The lowest BCUT2D eigenvalue weighted by Crippen LogP contribution is -2.36. The van der Waals surface area contributed by atoms with Crippen LogP contribution in [-0.2, 0) is 0 Å². The van der Waals surface area contributed by atoms with Gasteiger partial charge in [-0.2, -0.15) is 0 Å². The number of aryl methyl sites for hydroxylation is 1. The molecule has 1 heterocycles. The van der Waals surface area contributed by atoms with Crippen molar-refractivity contribution in [1.82, 2.24) is 9.97 Å². The topological polar surface area (TPSA) is 78.0 Å². The summed E-state index contributed by atoms with van der Waals surface area (Å²) in [5.41, 5.74) is -0.403. The minimum Gasteiger partial charge on any atom is -0.396 e. The zero-order valence-corrected chi connectivity index (χ0v) is 10.0. The molecule has 5 nitrogen and oxygen atoms in total. The quantitative estimate of drug-likeness (QED) is 0.699. The van der Waals surface area contributed by atoms with Crippen molar-refractivity contribution in [3.63, 3.8) is 0 Å². The minimum atomic E-state index is -0.234. The molecule has 90 valence electrons. The van der Waals surface area contributed by atoms with Crippen molar-refractivity contribution < 1.29 is 5.11 Å². The Balaban J connectivity index is 2.89. The van der Waals surface area contributed by atoms with Crippen LogP contribution in [0.25, 0.3) is 0 Å². The van der Waals surface area contributed by atoms with Gasteiger partial charge in [0.1, 0.15) is 11.6 Å². The SMILES string of the molecule is CCC(C)(CCO)Nc1cc(=O)[nH]c(C)n1. The zero-order valence-electron chi connectivity index (χ0n) is 10.0. The molecule has 0 aliphatic rings. The average molecular weight is 225 g/mol. The third-order valence-electron chi connectivity index (χ3n) is 2.73. The highest BCUT2D eigenvalue weighted by molar-refractivity contribution is 5.36. The molecule has 3 N–H and O–H groups in total. The van der Waals surface area contributed by atoms with Crippen LogP contribution < -0.4 is 10.9 Å². The van der Waals surface area contributed by atoms with Crippen molar-refractivity contribution in [2.75, 3.05) is 11.9 Å². The second kappa shape index (κ2) is 5.12. The minimum absolute atomic E-state index is 0.111. The number of aromatic amines is 1. The number of anilines is 1. The number of H-pyrrole nitrogens is 1. The Morgan fingerprint density at radius 3 is 2.81 bits per heavy atom. The second-order valence-electron chi connectivity index (χ2n) is 4.23. The molecule has 0 saturated carbocycles. The van der Waals surface area contributed by atoms with Gasteiger partial charge in [-0.1, -0.05) is 6.92 Å². The lowest BCUT2D eigenvalue weighted by molar-refractivity contribution is 0.252. The number of nitrogens with one attached hydrogen (secondary N) is 2. The van der Waals surface area contributed by atoms with Crippen molar-refractivity contribution >= 4 is 5.82 Å². The first-order valence-corrected chi connectivity index (χ1v) is 5.46. The summed E-state index contributed by atoms with van der Waals surface area (Å²) in [4.78, 5) is 18.0. The monoisotopic (exact) mass is 225 g/mol. The first-order chi connectivity index (χ1) is 7.49. The Kier molecular flexibility index (Phi) is 4.06. The molecule has 0 aliphatic carbocycles. The van der Waals surface area contributed by atoms with Gasteiger partial charge in [-0.25, -0.2) is 4.98 Å². The summed E-state index contributed by atoms with van der Waals surface area (Å²) in [5, 5.41) is 12.2. The normalized spacial score (nSPS) is 14.5. The summed E-state index contributed by atoms with van der Waals surface area (Å²) in [7, 11) is 0. The number of aromatic nitrogens is 2. The maximum Gasteiger partial charge on any atom is 0.252 e. The van der Waals surface area contributed by atoms with E-state index in [-0.39, 0.29) is 17.7 Å². The highest BCUT2D eigenvalue weighted by Gasteiger charge is 2.21. The van der Waals surface area contributed by atoms with Gasteiger partial charge >= 0.3 is 0 Å². The Morgan fingerprint density at radius 2 is 2.31 bits per heavy atom. The maximum absolute atomic E-state index is 11.3. The fraction of sp³-hybridized carbons (Fsp3) is 0.636. The Bertz CT molecular complexity index is 402. The van der Waals surface area contributed by atoms with E-state index in [1.165, 1.54) is 6.07 Å². The summed E-state index contributed by atoms with van der Waals surface area (Å²) in [6.07, 6.45) is 1.47. The highest BCUT2D eigenvalue weighted by Crippen LogP contribution is 2.19. The van der Waals surface area contributed by atoms with E-state index in [4.69, 9.17) is 5.11 Å². The molecule has 0 amide bonds. The number of aliphatic hydroxyl groups is 1. The van der Waals surface area contributed by atoms with Crippen LogP contribution in [0.4, 0.5) is 5.82 Å². The first-order valence-electron chi connectivity index (χ1n) is 5.46. The van der Waals surface area contributed by atoms with Crippen LogP contribution in [0.1, 0.15) is 32.5 Å². The summed E-state index contributed by atoms with van der Waals surface area (Å²) < 4.78 is 0. The number of hydrogen-bond acceptors (Lipinski definition) is 4. The van der Waals surface area contributed by atoms with E-state index in [9.17, 15) is 4.79 Å². The Labute approximate surface area is 94.9 Å². The van der Waals surface area contributed by atoms with E-state index in [2.05, 4.69) is 15.3 Å². The smallest absolute Gasteiger partial charge is 0.252 e. The fourth-order valence-electron chi connectivity index (χ4n) is 1.53. The largest absolute Gasteiger partial charge is 0.396 e. The number of hydrogen-bond donors (Lipinski definition) is 3. The summed E-state index contributed by atoms with van der Waals surface area (Å²) in [6, 6.07) is 1.43. The molecule has 1 aromatic heterocycles. The molecular weight excluding hydrogens is 206 g/mol. The van der Waals surface area contributed by atoms with Crippen LogP contribution in [-0.4, -0.2) is 27.2 Å². The average Bonchev–Trinajstić information content (AvgIpc) is 2.16. The van der Waals surface area contributed by atoms with Crippen molar-refractivity contribution in [2.24, 2.45) is 0 Å². The lowest BCUT2D eigenvalue weighted by atomic mass is 9.95. The van der Waals surface area contributed by atoms with Gasteiger partial charge in [0.25, 0.3) is 5.56 Å². The van der Waals surface area contributed by atoms with Crippen molar-refractivity contribution in [2.45, 2.75) is 39.2 Å². The molecule has 1 aromatic rings. The van der Waals surface area contributed by atoms with Crippen LogP contribution in [0.3, 0.4) is 0 Å². The van der Waals surface area contributed by atoms with E-state index in [1.807, 2.05) is 13.8 Å². The predicted molar refractivity (Wildman–Crippen MR) is 63.6 cm³/mol. The van der Waals surface area contributed by atoms with Gasteiger partial charge < -0.3 is 15.4 Å². The molecule has 1 atom stereocenters. The third kappa shape index (κ3) is 3.34. The molecule has 1 unspecified atom stereocenters. The molecule has 5 heteroatoms. The molecule has 0 bridgehead atoms. The summed E-state index contributed by atoms with van der Waals surface area (Å²) in [5.74, 6) is 1.14. The van der Waals surface area contributed by atoms with Gasteiger partial charge in [0, 0.05) is 18.2 Å². The number of rotatable bonds is 5. The van der Waals surface area contributed by atoms with Gasteiger partial charge in [0.2, 0.25) is 0 Å². The van der Waals surface area contributed by atoms with E-state index < -0.39 is 0 Å². The number of aliphatic hydroxyl groups excluding tert-OH is 1. The summed E-state index contributed by atoms with van der Waals surface area (Å²) >= 11 is 0. The van der Waals surface area contributed by atoms with E-state index in [0.29, 0.717) is 18.1 Å². The van der Waals surface area contributed by atoms with Crippen molar-refractivity contribution in [3.05, 3.63) is 22.2 Å². The van der Waals surface area contributed by atoms with Gasteiger partial charge in [-0.3, -0.25) is 4.79 Å². The van der Waals surface area contributed by atoms with Crippen molar-refractivity contribution in [1.29, 1.82) is 0 Å². The molecular formula is C11H19N3O2. The third-order valence-corrected chi connectivity index (χ3v) is 2.73. The van der Waals surface area contributed by atoms with Crippen LogP contribution in [0, 0.1) is 6.92 Å². The van der Waals surface area contributed by atoms with Crippen molar-refractivity contribution in [3.8, 4) is 0 Å². The summed E-state index contributed by atoms with van der Waals surface area (Å²) in [6.45, 7) is 5.88. The molecule has 0 fully saturated rings. The van der Waals surface area contributed by atoms with E-state index >= 15 is 0 Å². The Hall–Kier alpha value is -1.36. The van der Waals surface area contributed by atoms with Gasteiger partial charge in [0.05, 0.1) is 0 Å². The van der Waals surface area contributed by atoms with Crippen LogP contribution >= 0.6 is 0 Å². The lowest BCUT2D eigenvalue weighted by Gasteiger charge is -2.29. The molecule has 0 saturated heterocycles. The predicted octanol–water partition coefficient (Wildman–Crippen LogP) is 1.04. The van der Waals surface area contributed by atoms with E-state index in [1.54, 1.807) is 6.92 Å². The molecule has 1 rings (SSSR count). The Morgan fingerprint density at radius 1 is 1.62 bits per heavy atom. The first kappa shape index (κ1) is 12.7. The highest BCUT2D eigenvalue weighted by atomic mass is 16.3. The van der Waals surface area contributed by atoms with Crippen LogP contribution in [0.15, 0.2) is 10.9 Å². The van der Waals surface area contributed by atoms with Gasteiger partial charge in [0.15, 0.2) is 0 Å². The van der Waals surface area contributed by atoms with Crippen LogP contribution in [0.5, 0.6) is 0 Å². The molecule has 0 radical (unpaired) electrons. The second-order valence-corrected chi connectivity index (χ2v) is 4.23. The zero-order chi connectivity index (χ0) is 12.2. The number of nitrogens with zero attached hydrogens (tertiary/aromatic N) is 1. The maximum atomic E-state index is 11.3. The standard InChI is InChI=1S/C11H19N3O2/c1-4-11(3,5-6-15)14-9-7-10(16)13-8(2)12-9/h7,15H,4-6H2,1-3H3,(H2,12,13,14,16). The fourth-order valence-corrected chi connectivity index (χ4v) is 1.53. The molecule has 0 aromatic carbocycles.